The summed E-state index contributed by atoms with van der Waals surface area (Å²) in [5.41, 5.74) is 4.97. The van der Waals surface area contributed by atoms with Crippen LogP contribution in [0.25, 0.3) is 11.0 Å². The number of para-hydroxylation sites is 2. The molecule has 4 nitrogen and oxygen atoms in total. The Morgan fingerprint density at radius 3 is 2.94 bits per heavy atom. The number of nitrogens with zero attached hydrogens (tertiary/aromatic N) is 2. The molecular formula is C12H18N4. The molecule has 2 aromatic rings. The molecule has 0 fully saturated rings. The standard InChI is InChI=1S/C12H18N4/c1-2-9-16-11-6-4-3-5-10(11)15-12(16)7-8-14-13/h3-6,14H,2,7-9,13H2,1H3. The van der Waals surface area contributed by atoms with Gasteiger partial charge in [-0.15, -0.1) is 0 Å². The fourth-order valence-corrected chi connectivity index (χ4v) is 1.97. The summed E-state index contributed by atoms with van der Waals surface area (Å²) in [6.45, 7) is 3.95. The van der Waals surface area contributed by atoms with Crippen molar-refractivity contribution in [3.63, 3.8) is 0 Å². The third-order valence-electron chi connectivity index (χ3n) is 2.67. The number of hydrogen-bond acceptors (Lipinski definition) is 3. The van der Waals surface area contributed by atoms with Crippen LogP contribution in [-0.2, 0) is 13.0 Å². The molecule has 2 rings (SSSR count). The van der Waals surface area contributed by atoms with E-state index in [-0.39, 0.29) is 0 Å². The minimum absolute atomic E-state index is 0.757. The van der Waals surface area contributed by atoms with Crippen molar-refractivity contribution in [3.05, 3.63) is 30.1 Å². The first-order chi connectivity index (χ1) is 7.86. The van der Waals surface area contributed by atoms with Gasteiger partial charge in [0.25, 0.3) is 0 Å². The van der Waals surface area contributed by atoms with Crippen molar-refractivity contribution in [1.82, 2.24) is 15.0 Å². The van der Waals surface area contributed by atoms with Gasteiger partial charge in [-0.1, -0.05) is 19.1 Å². The number of nitrogens with two attached hydrogens (primary N) is 1. The summed E-state index contributed by atoms with van der Waals surface area (Å²) in [7, 11) is 0. The number of hydrazine groups is 1. The summed E-state index contributed by atoms with van der Waals surface area (Å²) in [6.07, 6.45) is 1.98. The van der Waals surface area contributed by atoms with Gasteiger partial charge in [-0.05, 0) is 18.6 Å². The van der Waals surface area contributed by atoms with E-state index >= 15 is 0 Å². The Labute approximate surface area is 95.4 Å². The number of aromatic nitrogens is 2. The molecule has 0 aliphatic heterocycles. The van der Waals surface area contributed by atoms with Crippen LogP contribution in [0.15, 0.2) is 24.3 Å². The molecule has 1 aromatic heterocycles. The number of aryl methyl sites for hydroxylation is 1. The topological polar surface area (TPSA) is 55.9 Å². The Morgan fingerprint density at radius 2 is 2.19 bits per heavy atom. The highest BCUT2D eigenvalue weighted by Crippen LogP contribution is 2.16. The quantitative estimate of drug-likeness (QED) is 0.590. The minimum Gasteiger partial charge on any atom is -0.328 e. The van der Waals surface area contributed by atoms with E-state index in [1.807, 2.05) is 6.07 Å². The fraction of sp³-hybridized carbons (Fsp3) is 0.417. The Hall–Kier alpha value is -1.39. The van der Waals surface area contributed by atoms with Gasteiger partial charge in [-0.25, -0.2) is 4.98 Å². The fourth-order valence-electron chi connectivity index (χ4n) is 1.97. The molecule has 86 valence electrons. The zero-order chi connectivity index (χ0) is 11.4. The summed E-state index contributed by atoms with van der Waals surface area (Å²) < 4.78 is 2.28. The van der Waals surface area contributed by atoms with Gasteiger partial charge < -0.3 is 4.57 Å². The summed E-state index contributed by atoms with van der Waals surface area (Å²) in [4.78, 5) is 4.64. The van der Waals surface area contributed by atoms with E-state index < -0.39 is 0 Å². The molecule has 0 spiro atoms. The second kappa shape index (κ2) is 5.09. The normalized spacial score (nSPS) is 11.1. The molecule has 0 unspecified atom stereocenters. The van der Waals surface area contributed by atoms with Crippen molar-refractivity contribution >= 4 is 11.0 Å². The number of benzene rings is 1. The molecule has 3 N–H and O–H groups in total. The van der Waals surface area contributed by atoms with E-state index in [0.717, 1.165) is 37.3 Å². The first kappa shape index (κ1) is 11.1. The predicted molar refractivity (Wildman–Crippen MR) is 65.9 cm³/mol. The highest BCUT2D eigenvalue weighted by Gasteiger charge is 2.08. The van der Waals surface area contributed by atoms with E-state index in [2.05, 4.69) is 40.1 Å². The maximum Gasteiger partial charge on any atom is 0.111 e. The lowest BCUT2D eigenvalue weighted by molar-refractivity contribution is 0.627. The molecule has 0 saturated carbocycles. The van der Waals surface area contributed by atoms with Crippen molar-refractivity contribution in [2.24, 2.45) is 5.84 Å². The third kappa shape index (κ3) is 2.08. The molecule has 4 heteroatoms. The molecule has 1 aromatic carbocycles. The van der Waals surface area contributed by atoms with Gasteiger partial charge in [0.2, 0.25) is 0 Å². The van der Waals surface area contributed by atoms with E-state index in [1.165, 1.54) is 5.52 Å². The molecule has 0 bridgehead atoms. The number of imidazole rings is 1. The van der Waals surface area contributed by atoms with Crippen LogP contribution in [0.1, 0.15) is 19.2 Å². The van der Waals surface area contributed by atoms with Crippen molar-refractivity contribution < 1.29 is 0 Å². The Bertz CT molecular complexity index is 461. The molecule has 0 saturated heterocycles. The number of hydrogen-bond donors (Lipinski definition) is 2. The first-order valence-corrected chi connectivity index (χ1v) is 5.74. The van der Waals surface area contributed by atoms with Gasteiger partial charge in [0.05, 0.1) is 11.0 Å². The van der Waals surface area contributed by atoms with E-state index in [1.54, 1.807) is 0 Å². The second-order valence-electron chi connectivity index (χ2n) is 3.87. The summed E-state index contributed by atoms with van der Waals surface area (Å²) in [6, 6.07) is 8.26. The van der Waals surface area contributed by atoms with Crippen LogP contribution in [0.4, 0.5) is 0 Å². The van der Waals surface area contributed by atoms with Crippen LogP contribution < -0.4 is 11.3 Å². The van der Waals surface area contributed by atoms with Gasteiger partial charge in [0.15, 0.2) is 0 Å². The van der Waals surface area contributed by atoms with Gasteiger partial charge in [0, 0.05) is 19.5 Å². The lowest BCUT2D eigenvalue weighted by Crippen LogP contribution is -2.25. The molecule has 0 atom stereocenters. The summed E-state index contributed by atoms with van der Waals surface area (Å²) in [5, 5.41) is 0. The molecule has 16 heavy (non-hydrogen) atoms. The van der Waals surface area contributed by atoms with Gasteiger partial charge in [0.1, 0.15) is 5.82 Å². The van der Waals surface area contributed by atoms with Crippen LogP contribution in [0, 0.1) is 0 Å². The van der Waals surface area contributed by atoms with Crippen molar-refractivity contribution in [1.29, 1.82) is 0 Å². The number of nitrogens with one attached hydrogen (secondary N) is 1. The second-order valence-corrected chi connectivity index (χ2v) is 3.87. The van der Waals surface area contributed by atoms with Gasteiger partial charge >= 0.3 is 0 Å². The third-order valence-corrected chi connectivity index (χ3v) is 2.67. The number of fused-ring (bicyclic) bond motifs is 1. The van der Waals surface area contributed by atoms with Crippen molar-refractivity contribution in [2.75, 3.05) is 6.54 Å². The van der Waals surface area contributed by atoms with Gasteiger partial charge in [-0.2, -0.15) is 0 Å². The van der Waals surface area contributed by atoms with Crippen LogP contribution in [0.2, 0.25) is 0 Å². The molecule has 0 amide bonds. The molecule has 0 radical (unpaired) electrons. The molecule has 1 heterocycles. The van der Waals surface area contributed by atoms with Crippen LogP contribution in [0.5, 0.6) is 0 Å². The van der Waals surface area contributed by atoms with Crippen LogP contribution >= 0.6 is 0 Å². The SMILES string of the molecule is CCCn1c(CCNN)nc2ccccc21. The first-order valence-electron chi connectivity index (χ1n) is 5.74. The average Bonchev–Trinajstić information content (AvgIpc) is 2.66. The number of rotatable bonds is 5. The Morgan fingerprint density at radius 1 is 1.38 bits per heavy atom. The smallest absolute Gasteiger partial charge is 0.111 e. The maximum absolute atomic E-state index is 5.31. The summed E-state index contributed by atoms with van der Waals surface area (Å²) in [5.74, 6) is 6.42. The zero-order valence-electron chi connectivity index (χ0n) is 9.61. The van der Waals surface area contributed by atoms with E-state index in [9.17, 15) is 0 Å². The molecule has 0 aliphatic rings. The molecular weight excluding hydrogens is 200 g/mol. The largest absolute Gasteiger partial charge is 0.328 e. The molecule has 0 aliphatic carbocycles. The van der Waals surface area contributed by atoms with Crippen molar-refractivity contribution in [2.45, 2.75) is 26.3 Å². The van der Waals surface area contributed by atoms with Gasteiger partial charge in [-0.3, -0.25) is 11.3 Å². The summed E-state index contributed by atoms with van der Waals surface area (Å²) >= 11 is 0. The monoisotopic (exact) mass is 218 g/mol. The van der Waals surface area contributed by atoms with Crippen LogP contribution in [0.3, 0.4) is 0 Å². The Kier molecular flexibility index (Phi) is 3.54. The van der Waals surface area contributed by atoms with Crippen molar-refractivity contribution in [3.8, 4) is 0 Å². The Balaban J connectivity index is 2.41. The minimum atomic E-state index is 0.757. The van der Waals surface area contributed by atoms with E-state index in [0.29, 0.717) is 0 Å². The lowest BCUT2D eigenvalue weighted by Gasteiger charge is -2.07. The van der Waals surface area contributed by atoms with E-state index in [4.69, 9.17) is 5.84 Å². The maximum atomic E-state index is 5.31. The highest BCUT2D eigenvalue weighted by atomic mass is 15.2. The predicted octanol–water partition coefficient (Wildman–Crippen LogP) is 1.45. The highest BCUT2D eigenvalue weighted by molar-refractivity contribution is 5.75. The lowest BCUT2D eigenvalue weighted by atomic mass is 10.3. The zero-order valence-corrected chi connectivity index (χ0v) is 9.61. The average molecular weight is 218 g/mol. The van der Waals surface area contributed by atoms with Crippen LogP contribution in [-0.4, -0.2) is 16.1 Å².